The van der Waals surface area contributed by atoms with E-state index in [0.29, 0.717) is 27.0 Å². The minimum atomic E-state index is -0.344. The number of fused-ring (bicyclic) bond motifs is 1. The van der Waals surface area contributed by atoms with Gasteiger partial charge in [-0.05, 0) is 59.3 Å². The van der Waals surface area contributed by atoms with Gasteiger partial charge in [-0.25, -0.2) is 0 Å². The Hall–Kier alpha value is -4.56. The molecule has 2 amide bonds. The third-order valence-corrected chi connectivity index (χ3v) is 6.29. The molecular weight excluding hydrogens is 460 g/mol. The topological polar surface area (TPSA) is 93.2 Å². The lowest BCUT2D eigenvalue weighted by Crippen LogP contribution is -2.15. The molecule has 0 saturated heterocycles. The summed E-state index contributed by atoms with van der Waals surface area (Å²) < 4.78 is 5.17. The standard InChI is InChI=1S/C27H20N4O3S/c1-34-21-14-12-18(13-15-21)26-30-31-27(35-26)29-24(32)19-8-4-9-20(16-19)28-25(33)23-11-5-7-17-6-2-3-10-22(17)23/h2-16H,1H3,(H,28,33)(H,29,31,32). The van der Waals surface area contributed by atoms with Gasteiger partial charge < -0.3 is 10.1 Å². The zero-order valence-corrected chi connectivity index (χ0v) is 19.5. The van der Waals surface area contributed by atoms with Gasteiger partial charge in [0.1, 0.15) is 10.8 Å². The van der Waals surface area contributed by atoms with Crippen LogP contribution in [0.3, 0.4) is 0 Å². The molecule has 0 aliphatic heterocycles. The van der Waals surface area contributed by atoms with E-state index in [4.69, 9.17) is 4.74 Å². The van der Waals surface area contributed by atoms with Gasteiger partial charge in [0.2, 0.25) is 5.13 Å². The van der Waals surface area contributed by atoms with E-state index in [9.17, 15) is 9.59 Å². The van der Waals surface area contributed by atoms with Gasteiger partial charge in [-0.1, -0.05) is 53.8 Å². The monoisotopic (exact) mass is 480 g/mol. The van der Waals surface area contributed by atoms with Gasteiger partial charge in [0.15, 0.2) is 0 Å². The van der Waals surface area contributed by atoms with Crippen molar-refractivity contribution < 1.29 is 14.3 Å². The molecule has 0 unspecified atom stereocenters. The first-order valence-corrected chi connectivity index (χ1v) is 11.6. The molecule has 1 heterocycles. The summed E-state index contributed by atoms with van der Waals surface area (Å²) in [4.78, 5) is 25.8. The van der Waals surface area contributed by atoms with Crippen molar-refractivity contribution in [2.75, 3.05) is 17.7 Å². The van der Waals surface area contributed by atoms with Crippen molar-refractivity contribution in [1.82, 2.24) is 10.2 Å². The molecule has 5 rings (SSSR count). The van der Waals surface area contributed by atoms with Crippen molar-refractivity contribution in [3.63, 3.8) is 0 Å². The molecule has 4 aromatic carbocycles. The Morgan fingerprint density at radius 2 is 1.57 bits per heavy atom. The van der Waals surface area contributed by atoms with Crippen molar-refractivity contribution in [3.8, 4) is 16.3 Å². The predicted octanol–water partition coefficient (Wildman–Crippen LogP) is 5.87. The number of nitrogens with one attached hydrogen (secondary N) is 2. The number of aromatic nitrogens is 2. The van der Waals surface area contributed by atoms with Crippen molar-refractivity contribution >= 4 is 44.7 Å². The minimum absolute atomic E-state index is 0.243. The van der Waals surface area contributed by atoms with Crippen molar-refractivity contribution in [2.45, 2.75) is 0 Å². The fourth-order valence-electron chi connectivity index (χ4n) is 3.65. The average molecular weight is 481 g/mol. The summed E-state index contributed by atoms with van der Waals surface area (Å²) in [5.74, 6) is 0.163. The van der Waals surface area contributed by atoms with Crippen LogP contribution in [-0.2, 0) is 0 Å². The number of carbonyl (C=O) groups is 2. The summed E-state index contributed by atoms with van der Waals surface area (Å²) in [6, 6.07) is 27.5. The Kier molecular flexibility index (Phi) is 6.19. The Balaban J connectivity index is 1.29. The highest BCUT2D eigenvalue weighted by Crippen LogP contribution is 2.28. The quantitative estimate of drug-likeness (QED) is 0.317. The molecule has 8 heteroatoms. The Labute approximate surface area is 205 Å². The first kappa shape index (κ1) is 22.2. The first-order valence-electron chi connectivity index (χ1n) is 10.8. The second-order valence-electron chi connectivity index (χ2n) is 7.66. The van der Waals surface area contributed by atoms with E-state index >= 15 is 0 Å². The van der Waals surface area contributed by atoms with Crippen molar-refractivity contribution in [3.05, 3.63) is 102 Å². The van der Waals surface area contributed by atoms with Crippen molar-refractivity contribution in [1.29, 1.82) is 0 Å². The minimum Gasteiger partial charge on any atom is -0.497 e. The van der Waals surface area contributed by atoms with E-state index in [0.717, 1.165) is 22.1 Å². The van der Waals surface area contributed by atoms with Gasteiger partial charge in [-0.2, -0.15) is 0 Å². The van der Waals surface area contributed by atoms with Gasteiger partial charge in [-0.3, -0.25) is 14.9 Å². The van der Waals surface area contributed by atoms with E-state index in [-0.39, 0.29) is 11.8 Å². The zero-order chi connectivity index (χ0) is 24.2. The number of ether oxygens (including phenoxy) is 1. The van der Waals surface area contributed by atoms with Crippen LogP contribution in [0, 0.1) is 0 Å². The van der Waals surface area contributed by atoms with Crippen LogP contribution < -0.4 is 15.4 Å². The Morgan fingerprint density at radius 3 is 2.40 bits per heavy atom. The number of hydrogen-bond acceptors (Lipinski definition) is 6. The van der Waals surface area contributed by atoms with Crippen LogP contribution in [0.2, 0.25) is 0 Å². The van der Waals surface area contributed by atoms with E-state index in [1.54, 1.807) is 37.4 Å². The highest BCUT2D eigenvalue weighted by Gasteiger charge is 2.14. The SMILES string of the molecule is COc1ccc(-c2nnc(NC(=O)c3cccc(NC(=O)c4cccc5ccccc45)c3)s2)cc1. The van der Waals surface area contributed by atoms with Crippen LogP contribution in [0.5, 0.6) is 5.75 Å². The number of nitrogens with zero attached hydrogens (tertiary/aromatic N) is 2. The fraction of sp³-hybridized carbons (Fsp3) is 0.0370. The number of hydrogen-bond donors (Lipinski definition) is 2. The highest BCUT2D eigenvalue weighted by molar-refractivity contribution is 7.18. The van der Waals surface area contributed by atoms with Crippen LogP contribution in [0.25, 0.3) is 21.3 Å². The van der Waals surface area contributed by atoms with Gasteiger partial charge in [0, 0.05) is 22.4 Å². The summed E-state index contributed by atoms with van der Waals surface area (Å²) in [5, 5.41) is 16.8. The molecule has 7 nitrogen and oxygen atoms in total. The average Bonchev–Trinajstić information content (AvgIpc) is 3.37. The number of rotatable bonds is 6. The number of methoxy groups -OCH3 is 1. The van der Waals surface area contributed by atoms with Gasteiger partial charge in [0.05, 0.1) is 7.11 Å². The van der Waals surface area contributed by atoms with Crippen LogP contribution in [0.4, 0.5) is 10.8 Å². The molecule has 172 valence electrons. The summed E-state index contributed by atoms with van der Waals surface area (Å²) >= 11 is 1.27. The third kappa shape index (κ3) is 4.87. The Bertz CT molecular complexity index is 1520. The predicted molar refractivity (Wildman–Crippen MR) is 138 cm³/mol. The molecule has 0 bridgehead atoms. The van der Waals surface area contributed by atoms with Crippen LogP contribution in [0.1, 0.15) is 20.7 Å². The Morgan fingerprint density at radius 1 is 0.800 bits per heavy atom. The number of carbonyl (C=O) groups excluding carboxylic acids is 2. The lowest BCUT2D eigenvalue weighted by Gasteiger charge is -2.09. The maximum atomic E-state index is 12.9. The molecule has 0 spiro atoms. The van der Waals surface area contributed by atoms with E-state index in [1.807, 2.05) is 60.7 Å². The maximum Gasteiger partial charge on any atom is 0.257 e. The summed E-state index contributed by atoms with van der Waals surface area (Å²) in [5.41, 5.74) is 2.36. The lowest BCUT2D eigenvalue weighted by molar-refractivity contribution is 0.101. The lowest BCUT2D eigenvalue weighted by atomic mass is 10.0. The van der Waals surface area contributed by atoms with Gasteiger partial charge >= 0.3 is 0 Å². The van der Waals surface area contributed by atoms with Crippen LogP contribution in [-0.4, -0.2) is 29.1 Å². The second-order valence-corrected chi connectivity index (χ2v) is 8.63. The number of amides is 2. The molecule has 0 aliphatic carbocycles. The molecule has 0 saturated carbocycles. The smallest absolute Gasteiger partial charge is 0.257 e. The maximum absolute atomic E-state index is 12.9. The highest BCUT2D eigenvalue weighted by atomic mass is 32.1. The molecule has 0 fully saturated rings. The fourth-order valence-corrected chi connectivity index (χ4v) is 4.40. The van der Waals surface area contributed by atoms with E-state index < -0.39 is 0 Å². The summed E-state index contributed by atoms with van der Waals surface area (Å²) in [7, 11) is 1.61. The second kappa shape index (κ2) is 9.74. The third-order valence-electron chi connectivity index (χ3n) is 5.40. The van der Waals surface area contributed by atoms with Gasteiger partial charge in [-0.15, -0.1) is 10.2 Å². The van der Waals surface area contributed by atoms with Gasteiger partial charge in [0.25, 0.3) is 11.8 Å². The number of benzene rings is 4. The van der Waals surface area contributed by atoms with E-state index in [2.05, 4.69) is 20.8 Å². The van der Waals surface area contributed by atoms with E-state index in [1.165, 1.54) is 11.3 Å². The number of anilines is 2. The van der Waals surface area contributed by atoms with Crippen LogP contribution >= 0.6 is 11.3 Å². The molecule has 0 radical (unpaired) electrons. The molecule has 5 aromatic rings. The molecular formula is C27H20N4O3S. The van der Waals surface area contributed by atoms with Crippen LogP contribution in [0.15, 0.2) is 91.0 Å². The molecule has 0 atom stereocenters. The molecule has 2 N–H and O–H groups in total. The summed E-state index contributed by atoms with van der Waals surface area (Å²) in [6.45, 7) is 0. The molecule has 1 aromatic heterocycles. The normalized spacial score (nSPS) is 10.7. The largest absolute Gasteiger partial charge is 0.497 e. The zero-order valence-electron chi connectivity index (χ0n) is 18.7. The summed E-state index contributed by atoms with van der Waals surface area (Å²) in [6.07, 6.45) is 0. The molecule has 0 aliphatic rings. The molecule has 35 heavy (non-hydrogen) atoms. The van der Waals surface area contributed by atoms with Crippen molar-refractivity contribution in [2.24, 2.45) is 0 Å². The first-order chi connectivity index (χ1) is 17.1.